The average molecular weight is 129 g/mol. The number of hydrogen-bond donors (Lipinski definition) is 2. The number of imide groups is 1. The summed E-state index contributed by atoms with van der Waals surface area (Å²) in [6.45, 7) is 1.31. The Labute approximate surface area is 51.9 Å². The van der Waals surface area contributed by atoms with Crippen LogP contribution in [0.1, 0.15) is 13.3 Å². The minimum absolute atomic E-state index is 0.119. The maximum absolute atomic E-state index is 10.5. The summed E-state index contributed by atoms with van der Waals surface area (Å²) >= 11 is 0. The van der Waals surface area contributed by atoms with E-state index in [1.165, 1.54) is 6.92 Å². The minimum Gasteiger partial charge on any atom is -0.380 e. The molecule has 1 aliphatic rings. The highest BCUT2D eigenvalue weighted by Crippen LogP contribution is 2.14. The normalized spacial score (nSPS) is 34.9. The Kier molecular flexibility index (Phi) is 1.06. The fraction of sp³-hybridized carbons (Fsp3) is 0.600. The van der Waals surface area contributed by atoms with Crippen molar-refractivity contribution >= 4 is 11.8 Å². The molecule has 0 aliphatic carbocycles. The monoisotopic (exact) mass is 129 g/mol. The van der Waals surface area contributed by atoms with Crippen LogP contribution < -0.4 is 5.32 Å². The zero-order chi connectivity index (χ0) is 7.07. The lowest BCUT2D eigenvalue weighted by Crippen LogP contribution is -2.34. The van der Waals surface area contributed by atoms with Crippen LogP contribution >= 0.6 is 0 Å². The first-order valence-electron chi connectivity index (χ1n) is 2.59. The SMILES string of the molecule is C[C@]1(O)CC(=O)NC1=O. The minimum atomic E-state index is -1.48. The summed E-state index contributed by atoms with van der Waals surface area (Å²) in [5.74, 6) is -1.02. The first kappa shape index (κ1) is 6.22. The number of carbonyl (C=O) groups excluding carboxylic acids is 2. The summed E-state index contributed by atoms with van der Waals surface area (Å²) in [5, 5.41) is 11.0. The standard InChI is InChI=1S/C5H7NO3/c1-5(9)2-3(7)6-4(5)8/h9H,2H2,1H3,(H,6,7,8)/t5-/m0/s1. The van der Waals surface area contributed by atoms with Gasteiger partial charge in [0.2, 0.25) is 5.91 Å². The second kappa shape index (κ2) is 1.54. The molecule has 1 fully saturated rings. The lowest BCUT2D eigenvalue weighted by molar-refractivity contribution is -0.133. The van der Waals surface area contributed by atoms with Crippen molar-refractivity contribution in [2.45, 2.75) is 18.9 Å². The predicted octanol–water partition coefficient (Wildman–Crippen LogP) is -1.22. The molecule has 0 saturated carbocycles. The molecule has 0 unspecified atom stereocenters. The van der Waals surface area contributed by atoms with E-state index in [1.807, 2.05) is 5.32 Å². The van der Waals surface area contributed by atoms with Gasteiger partial charge in [-0.2, -0.15) is 0 Å². The van der Waals surface area contributed by atoms with Crippen LogP contribution in [0.5, 0.6) is 0 Å². The largest absolute Gasteiger partial charge is 0.380 e. The van der Waals surface area contributed by atoms with Gasteiger partial charge in [-0.3, -0.25) is 14.9 Å². The van der Waals surface area contributed by atoms with Gasteiger partial charge in [0.25, 0.3) is 5.91 Å². The van der Waals surface area contributed by atoms with Crippen molar-refractivity contribution in [1.29, 1.82) is 0 Å². The van der Waals surface area contributed by atoms with Crippen LogP contribution in [0.15, 0.2) is 0 Å². The van der Waals surface area contributed by atoms with E-state index in [0.717, 1.165) is 0 Å². The Morgan fingerprint density at radius 1 is 1.67 bits per heavy atom. The second-order valence-corrected chi connectivity index (χ2v) is 2.33. The molecule has 1 rings (SSSR count). The Balaban J connectivity index is 2.81. The maximum Gasteiger partial charge on any atom is 0.258 e. The van der Waals surface area contributed by atoms with E-state index in [2.05, 4.69) is 0 Å². The number of hydrogen-bond acceptors (Lipinski definition) is 3. The summed E-state index contributed by atoms with van der Waals surface area (Å²) in [5.41, 5.74) is -1.48. The van der Waals surface area contributed by atoms with E-state index in [0.29, 0.717) is 0 Å². The van der Waals surface area contributed by atoms with Crippen molar-refractivity contribution < 1.29 is 14.7 Å². The molecular formula is C5H7NO3. The van der Waals surface area contributed by atoms with E-state index < -0.39 is 17.4 Å². The molecular weight excluding hydrogens is 122 g/mol. The van der Waals surface area contributed by atoms with E-state index >= 15 is 0 Å². The Bertz CT molecular complexity index is 173. The molecule has 1 aliphatic heterocycles. The summed E-state index contributed by atoms with van der Waals surface area (Å²) in [7, 11) is 0. The third-order valence-corrected chi connectivity index (χ3v) is 1.25. The highest BCUT2D eigenvalue weighted by Gasteiger charge is 2.40. The maximum atomic E-state index is 10.5. The van der Waals surface area contributed by atoms with Crippen LogP contribution in [0.25, 0.3) is 0 Å². The van der Waals surface area contributed by atoms with Crippen LogP contribution in [0.4, 0.5) is 0 Å². The molecule has 2 amide bonds. The molecule has 2 N–H and O–H groups in total. The zero-order valence-corrected chi connectivity index (χ0v) is 4.97. The van der Waals surface area contributed by atoms with Gasteiger partial charge in [0, 0.05) is 0 Å². The molecule has 0 aromatic carbocycles. The van der Waals surface area contributed by atoms with Crippen LogP contribution in [-0.4, -0.2) is 22.5 Å². The lowest BCUT2D eigenvalue weighted by atomic mass is 10.1. The fourth-order valence-corrected chi connectivity index (χ4v) is 0.698. The number of nitrogens with one attached hydrogen (secondary N) is 1. The van der Waals surface area contributed by atoms with Gasteiger partial charge in [-0.15, -0.1) is 0 Å². The van der Waals surface area contributed by atoms with Gasteiger partial charge in [0.05, 0.1) is 6.42 Å². The highest BCUT2D eigenvalue weighted by atomic mass is 16.3. The van der Waals surface area contributed by atoms with Gasteiger partial charge in [0.1, 0.15) is 5.60 Å². The number of aliphatic hydroxyl groups is 1. The van der Waals surface area contributed by atoms with Crippen molar-refractivity contribution in [3.8, 4) is 0 Å². The van der Waals surface area contributed by atoms with Gasteiger partial charge in [0.15, 0.2) is 0 Å². The summed E-state index contributed by atoms with van der Waals surface area (Å²) in [6, 6.07) is 0. The summed E-state index contributed by atoms with van der Waals surface area (Å²) in [4.78, 5) is 20.9. The van der Waals surface area contributed by atoms with Gasteiger partial charge in [-0.05, 0) is 6.92 Å². The zero-order valence-electron chi connectivity index (χ0n) is 4.97. The van der Waals surface area contributed by atoms with Crippen LogP contribution in [0, 0.1) is 0 Å². The lowest BCUT2D eigenvalue weighted by Gasteiger charge is -2.07. The quantitative estimate of drug-likeness (QED) is 0.403. The van der Waals surface area contributed by atoms with Gasteiger partial charge < -0.3 is 5.11 Å². The first-order valence-corrected chi connectivity index (χ1v) is 2.59. The smallest absolute Gasteiger partial charge is 0.258 e. The van der Waals surface area contributed by atoms with E-state index in [-0.39, 0.29) is 6.42 Å². The highest BCUT2D eigenvalue weighted by molar-refractivity contribution is 6.07. The van der Waals surface area contributed by atoms with Crippen LogP contribution in [-0.2, 0) is 9.59 Å². The molecule has 0 spiro atoms. The number of amides is 2. The average Bonchev–Trinajstić information content (AvgIpc) is 1.79. The fourth-order valence-electron chi connectivity index (χ4n) is 0.698. The van der Waals surface area contributed by atoms with E-state index in [1.54, 1.807) is 0 Å². The molecule has 1 heterocycles. The van der Waals surface area contributed by atoms with Gasteiger partial charge >= 0.3 is 0 Å². The molecule has 0 radical (unpaired) electrons. The van der Waals surface area contributed by atoms with Crippen molar-refractivity contribution in [2.75, 3.05) is 0 Å². The molecule has 4 nitrogen and oxygen atoms in total. The van der Waals surface area contributed by atoms with Crippen molar-refractivity contribution in [1.82, 2.24) is 5.32 Å². The van der Waals surface area contributed by atoms with Crippen molar-refractivity contribution in [2.24, 2.45) is 0 Å². The molecule has 0 bridgehead atoms. The Morgan fingerprint density at radius 2 is 2.22 bits per heavy atom. The molecule has 4 heteroatoms. The van der Waals surface area contributed by atoms with E-state index in [9.17, 15) is 9.59 Å². The van der Waals surface area contributed by atoms with Crippen molar-refractivity contribution in [3.05, 3.63) is 0 Å². The summed E-state index contributed by atoms with van der Waals surface area (Å²) in [6.07, 6.45) is -0.119. The van der Waals surface area contributed by atoms with Gasteiger partial charge in [-0.1, -0.05) is 0 Å². The molecule has 1 saturated heterocycles. The third-order valence-electron chi connectivity index (χ3n) is 1.25. The van der Waals surface area contributed by atoms with Crippen LogP contribution in [0.3, 0.4) is 0 Å². The second-order valence-electron chi connectivity index (χ2n) is 2.33. The molecule has 1 atom stereocenters. The first-order chi connectivity index (χ1) is 4.02. The molecule has 0 aromatic heterocycles. The number of carbonyl (C=O) groups is 2. The molecule has 0 aromatic rings. The predicted molar refractivity (Wildman–Crippen MR) is 28.4 cm³/mol. The third kappa shape index (κ3) is 0.929. The summed E-state index contributed by atoms with van der Waals surface area (Å²) < 4.78 is 0. The Hall–Kier alpha value is -0.900. The topological polar surface area (TPSA) is 66.4 Å². The van der Waals surface area contributed by atoms with E-state index in [4.69, 9.17) is 5.11 Å². The molecule has 9 heavy (non-hydrogen) atoms. The molecule has 50 valence electrons. The van der Waals surface area contributed by atoms with Crippen molar-refractivity contribution in [3.63, 3.8) is 0 Å². The van der Waals surface area contributed by atoms with Gasteiger partial charge in [-0.25, -0.2) is 0 Å². The number of rotatable bonds is 0. The Morgan fingerprint density at radius 3 is 2.33 bits per heavy atom. The van der Waals surface area contributed by atoms with Crippen LogP contribution in [0.2, 0.25) is 0 Å².